The minimum Gasteiger partial charge on any atom is -0.378 e. The Labute approximate surface area is 98.0 Å². The van der Waals surface area contributed by atoms with Gasteiger partial charge in [0, 0.05) is 18.7 Å². The number of hydrogen-bond donors (Lipinski definition) is 0. The number of nitrogens with zero attached hydrogens (tertiary/aromatic N) is 1. The fraction of sp³-hybridized carbons (Fsp3) is 0.417. The Kier molecular flexibility index (Phi) is 3.57. The summed E-state index contributed by atoms with van der Waals surface area (Å²) in [7, 11) is 2.62. The maximum absolute atomic E-state index is 12.2. The summed E-state index contributed by atoms with van der Waals surface area (Å²) >= 11 is 0. The first-order chi connectivity index (χ1) is 7.68. The van der Waals surface area contributed by atoms with E-state index in [4.69, 9.17) is 4.74 Å². The van der Waals surface area contributed by atoms with Crippen molar-refractivity contribution in [3.8, 4) is 0 Å². The molecule has 1 amide bonds. The number of amides is 1. The fourth-order valence-electron chi connectivity index (χ4n) is 1.81. The van der Waals surface area contributed by atoms with Crippen molar-refractivity contribution < 1.29 is 9.53 Å². The third-order valence-corrected chi connectivity index (χ3v) is 3.15. The number of carbonyl (C=O) groups excluding carboxylic acids is 1. The molecule has 1 aliphatic rings. The molecule has 1 heterocycles. The lowest BCUT2D eigenvalue weighted by molar-refractivity contribution is 0.0302. The molecule has 0 radical (unpaired) electrons. The Morgan fingerprint density at radius 2 is 2.06 bits per heavy atom. The van der Waals surface area contributed by atoms with Crippen molar-refractivity contribution in [2.24, 2.45) is 0 Å². The first-order valence-corrected chi connectivity index (χ1v) is 5.99. The zero-order chi connectivity index (χ0) is 11.5. The molecule has 1 atom stereocenters. The molecule has 1 aliphatic heterocycles. The third kappa shape index (κ3) is 2.42. The monoisotopic (exact) mass is 237 g/mol. The van der Waals surface area contributed by atoms with Crippen LogP contribution in [0.2, 0.25) is 0 Å². The molecule has 1 saturated heterocycles. The molecular weight excluding hydrogens is 221 g/mol. The van der Waals surface area contributed by atoms with Crippen molar-refractivity contribution in [2.45, 2.75) is 6.92 Å². The minimum atomic E-state index is 0.116. The zero-order valence-electron chi connectivity index (χ0n) is 9.40. The Hall–Kier alpha value is -0.920. The van der Waals surface area contributed by atoms with Crippen LogP contribution in [0.5, 0.6) is 0 Å². The molecule has 1 aromatic rings. The number of rotatable bonds is 1. The van der Waals surface area contributed by atoms with E-state index in [1.54, 1.807) is 0 Å². The second-order valence-electron chi connectivity index (χ2n) is 3.98. The molecule has 1 aromatic carbocycles. The predicted octanol–water partition coefficient (Wildman–Crippen LogP) is 0.968. The van der Waals surface area contributed by atoms with Crippen molar-refractivity contribution in [3.05, 3.63) is 29.3 Å². The highest BCUT2D eigenvalue weighted by Gasteiger charge is 2.19. The van der Waals surface area contributed by atoms with E-state index in [9.17, 15) is 4.79 Å². The zero-order valence-corrected chi connectivity index (χ0v) is 10.6. The molecular formula is C12H16NO2P. The van der Waals surface area contributed by atoms with Gasteiger partial charge < -0.3 is 9.64 Å². The molecule has 86 valence electrons. The predicted molar refractivity (Wildman–Crippen MR) is 67.2 cm³/mol. The van der Waals surface area contributed by atoms with Crippen molar-refractivity contribution in [1.29, 1.82) is 0 Å². The van der Waals surface area contributed by atoms with Gasteiger partial charge in [-0.15, -0.1) is 9.24 Å². The Morgan fingerprint density at radius 1 is 1.38 bits per heavy atom. The topological polar surface area (TPSA) is 29.5 Å². The van der Waals surface area contributed by atoms with Gasteiger partial charge in [-0.2, -0.15) is 0 Å². The van der Waals surface area contributed by atoms with Crippen molar-refractivity contribution in [1.82, 2.24) is 4.90 Å². The molecule has 2 rings (SSSR count). The van der Waals surface area contributed by atoms with Gasteiger partial charge in [0.2, 0.25) is 0 Å². The van der Waals surface area contributed by atoms with Crippen LogP contribution >= 0.6 is 9.24 Å². The number of hydrogen-bond acceptors (Lipinski definition) is 2. The highest BCUT2D eigenvalue weighted by molar-refractivity contribution is 7.27. The standard InChI is InChI=1S/C12H16NO2P/c1-9-2-3-10(16)8-11(9)12(14)13-4-6-15-7-5-13/h2-3,8H,4-7,16H2,1H3. The summed E-state index contributed by atoms with van der Waals surface area (Å²) in [5.41, 5.74) is 1.83. The Bertz CT molecular complexity index is 400. The molecule has 0 bridgehead atoms. The van der Waals surface area contributed by atoms with Crippen LogP contribution in [0.25, 0.3) is 0 Å². The van der Waals surface area contributed by atoms with Crippen molar-refractivity contribution in [2.75, 3.05) is 26.3 Å². The quantitative estimate of drug-likeness (QED) is 0.681. The van der Waals surface area contributed by atoms with Gasteiger partial charge in [-0.05, 0) is 23.9 Å². The second kappa shape index (κ2) is 4.94. The van der Waals surface area contributed by atoms with Gasteiger partial charge in [-0.3, -0.25) is 4.79 Å². The average molecular weight is 237 g/mol. The highest BCUT2D eigenvalue weighted by atomic mass is 31.0. The molecule has 1 fully saturated rings. The van der Waals surface area contributed by atoms with E-state index in [1.807, 2.05) is 30.0 Å². The van der Waals surface area contributed by atoms with Gasteiger partial charge in [0.05, 0.1) is 13.2 Å². The normalized spacial score (nSPS) is 16.2. The van der Waals surface area contributed by atoms with Crippen LogP contribution in [0.1, 0.15) is 15.9 Å². The summed E-state index contributed by atoms with van der Waals surface area (Å²) < 4.78 is 5.24. The average Bonchev–Trinajstić information content (AvgIpc) is 2.32. The lowest BCUT2D eigenvalue weighted by Crippen LogP contribution is -2.41. The van der Waals surface area contributed by atoms with E-state index in [0.717, 1.165) is 16.4 Å². The van der Waals surface area contributed by atoms with E-state index in [-0.39, 0.29) is 5.91 Å². The SMILES string of the molecule is Cc1ccc(P)cc1C(=O)N1CCOCC1. The molecule has 0 saturated carbocycles. The number of ether oxygens (including phenoxy) is 1. The summed E-state index contributed by atoms with van der Waals surface area (Å²) in [4.78, 5) is 14.1. The maximum Gasteiger partial charge on any atom is 0.254 e. The molecule has 0 spiro atoms. The minimum absolute atomic E-state index is 0.116. The molecule has 4 heteroatoms. The lowest BCUT2D eigenvalue weighted by Gasteiger charge is -2.27. The highest BCUT2D eigenvalue weighted by Crippen LogP contribution is 2.12. The van der Waals surface area contributed by atoms with E-state index in [2.05, 4.69) is 9.24 Å². The van der Waals surface area contributed by atoms with Gasteiger partial charge in [0.15, 0.2) is 0 Å². The first kappa shape index (κ1) is 11.6. The van der Waals surface area contributed by atoms with Gasteiger partial charge in [0.25, 0.3) is 5.91 Å². The number of morpholine rings is 1. The number of aryl methyl sites for hydroxylation is 1. The van der Waals surface area contributed by atoms with Crippen LogP contribution < -0.4 is 5.30 Å². The first-order valence-electron chi connectivity index (χ1n) is 5.41. The summed E-state index contributed by atoms with van der Waals surface area (Å²) in [5.74, 6) is 0.116. The van der Waals surface area contributed by atoms with E-state index >= 15 is 0 Å². The molecule has 0 aliphatic carbocycles. The van der Waals surface area contributed by atoms with Gasteiger partial charge in [-0.1, -0.05) is 12.1 Å². The smallest absolute Gasteiger partial charge is 0.254 e. The summed E-state index contributed by atoms with van der Waals surface area (Å²) in [6.07, 6.45) is 0. The van der Waals surface area contributed by atoms with Crippen LogP contribution in [0, 0.1) is 6.92 Å². The molecule has 16 heavy (non-hydrogen) atoms. The van der Waals surface area contributed by atoms with E-state index in [1.165, 1.54) is 0 Å². The van der Waals surface area contributed by atoms with Crippen molar-refractivity contribution >= 4 is 20.5 Å². The summed E-state index contributed by atoms with van der Waals surface area (Å²) in [6.45, 7) is 4.65. The number of carbonyl (C=O) groups is 1. The molecule has 1 unspecified atom stereocenters. The Balaban J connectivity index is 2.22. The van der Waals surface area contributed by atoms with E-state index in [0.29, 0.717) is 26.3 Å². The van der Waals surface area contributed by atoms with Gasteiger partial charge >= 0.3 is 0 Å². The maximum atomic E-state index is 12.2. The molecule has 3 nitrogen and oxygen atoms in total. The Morgan fingerprint density at radius 3 is 2.75 bits per heavy atom. The number of benzene rings is 1. The second-order valence-corrected chi connectivity index (χ2v) is 4.65. The summed E-state index contributed by atoms with van der Waals surface area (Å²) in [5, 5.41) is 1.04. The van der Waals surface area contributed by atoms with Crippen LogP contribution in [0.3, 0.4) is 0 Å². The van der Waals surface area contributed by atoms with Crippen LogP contribution in [0.15, 0.2) is 18.2 Å². The van der Waals surface area contributed by atoms with Crippen molar-refractivity contribution in [3.63, 3.8) is 0 Å². The van der Waals surface area contributed by atoms with Crippen LogP contribution in [-0.4, -0.2) is 37.1 Å². The molecule has 0 aromatic heterocycles. The summed E-state index contributed by atoms with van der Waals surface area (Å²) in [6, 6.07) is 5.91. The fourth-order valence-corrected chi connectivity index (χ4v) is 2.07. The van der Waals surface area contributed by atoms with E-state index < -0.39 is 0 Å². The van der Waals surface area contributed by atoms with Gasteiger partial charge in [0.1, 0.15) is 0 Å². The van der Waals surface area contributed by atoms with Crippen LogP contribution in [-0.2, 0) is 4.74 Å². The third-order valence-electron chi connectivity index (χ3n) is 2.79. The lowest BCUT2D eigenvalue weighted by atomic mass is 10.1. The molecule has 0 N–H and O–H groups in total. The largest absolute Gasteiger partial charge is 0.378 e. The van der Waals surface area contributed by atoms with Gasteiger partial charge in [-0.25, -0.2) is 0 Å². The van der Waals surface area contributed by atoms with Crippen LogP contribution in [0.4, 0.5) is 0 Å².